The number of hydrogen-bond donors (Lipinski definition) is 0. The molecule has 0 bridgehead atoms. The van der Waals surface area contributed by atoms with Gasteiger partial charge in [0.1, 0.15) is 11.3 Å². The van der Waals surface area contributed by atoms with Crippen LogP contribution >= 0.6 is 0 Å². The number of rotatable bonds is 5. The Labute approximate surface area is 284 Å². The van der Waals surface area contributed by atoms with Gasteiger partial charge in [-0.15, -0.1) is 0 Å². The predicted octanol–water partition coefficient (Wildman–Crippen LogP) is 11.9. The zero-order valence-electron chi connectivity index (χ0n) is 26.7. The van der Waals surface area contributed by atoms with E-state index in [4.69, 9.17) is 14.4 Å². The van der Waals surface area contributed by atoms with Crippen molar-refractivity contribution in [3.8, 4) is 56.4 Å². The highest BCUT2D eigenvalue weighted by Crippen LogP contribution is 2.61. The fraction of sp³-hybridized carbons (Fsp3) is 0.0435. The zero-order chi connectivity index (χ0) is 32.3. The number of allylic oxidation sites excluding steroid dienone is 1. The number of benzene rings is 6. The molecule has 3 heteroatoms. The van der Waals surface area contributed by atoms with Crippen molar-refractivity contribution in [1.29, 1.82) is 0 Å². The summed E-state index contributed by atoms with van der Waals surface area (Å²) in [5.74, 6) is 1.96. The lowest BCUT2D eigenvalue weighted by Crippen LogP contribution is -1.99. The van der Waals surface area contributed by atoms with Gasteiger partial charge in [-0.2, -0.15) is 0 Å². The Morgan fingerprint density at radius 1 is 0.490 bits per heavy atom. The third-order valence-electron chi connectivity index (χ3n) is 9.93. The second kappa shape index (κ2) is 11.1. The van der Waals surface area contributed by atoms with Gasteiger partial charge in [0.25, 0.3) is 0 Å². The predicted molar refractivity (Wildman–Crippen MR) is 199 cm³/mol. The minimum absolute atomic E-state index is 0.340. The molecule has 0 spiro atoms. The van der Waals surface area contributed by atoms with Crippen LogP contribution in [-0.2, 0) is 0 Å². The van der Waals surface area contributed by atoms with E-state index in [9.17, 15) is 0 Å². The lowest BCUT2D eigenvalue weighted by Gasteiger charge is -2.15. The highest BCUT2D eigenvalue weighted by atomic mass is 16.3. The summed E-state index contributed by atoms with van der Waals surface area (Å²) in [5, 5.41) is 1.14. The Bertz CT molecular complexity index is 2550. The fourth-order valence-corrected chi connectivity index (χ4v) is 7.54. The third-order valence-corrected chi connectivity index (χ3v) is 9.93. The van der Waals surface area contributed by atoms with Gasteiger partial charge in [0, 0.05) is 39.1 Å². The molecule has 2 aliphatic carbocycles. The van der Waals surface area contributed by atoms with Crippen molar-refractivity contribution >= 4 is 16.5 Å². The maximum atomic E-state index is 6.89. The molecule has 2 aromatic heterocycles. The summed E-state index contributed by atoms with van der Waals surface area (Å²) >= 11 is 0. The molecule has 0 saturated heterocycles. The SMILES string of the molecule is c1ccc(C2=C3CC3c3cccc(-c4cc(-c5ccc(-c6ccccc6)cc5)nc(-c5ccccc5)n4)c3-c3oc4ccccc4c32)cc1. The molecule has 2 aliphatic rings. The summed E-state index contributed by atoms with van der Waals surface area (Å²) in [6.07, 6.45) is 1.04. The number of para-hydroxylation sites is 1. The average Bonchev–Trinajstić information content (AvgIpc) is 3.90. The van der Waals surface area contributed by atoms with Gasteiger partial charge in [-0.3, -0.25) is 0 Å². The van der Waals surface area contributed by atoms with E-state index in [1.165, 1.54) is 39.0 Å². The third kappa shape index (κ3) is 4.66. The van der Waals surface area contributed by atoms with Crippen molar-refractivity contribution in [1.82, 2.24) is 9.97 Å². The molecule has 8 aromatic rings. The Morgan fingerprint density at radius 2 is 1.10 bits per heavy atom. The average molecular weight is 627 g/mol. The summed E-state index contributed by atoms with van der Waals surface area (Å²) in [6, 6.07) is 57.5. The first-order valence-electron chi connectivity index (χ1n) is 16.8. The summed E-state index contributed by atoms with van der Waals surface area (Å²) in [5.41, 5.74) is 15.7. The molecule has 230 valence electrons. The standard InChI is InChI=1S/C46H30N2O/c1-4-13-29(14-5-1)30-23-25-31(26-24-30)39-28-40(48-46(47-39)33-17-8-3-9-18-33)35-21-12-20-34-37-27-38(37)42(32-15-6-2-7-16-32)44-36-19-10-11-22-41(36)49-45(44)43(34)35/h1-26,28,37H,27H2. The van der Waals surface area contributed by atoms with Gasteiger partial charge >= 0.3 is 0 Å². The van der Waals surface area contributed by atoms with Gasteiger partial charge in [-0.05, 0) is 46.4 Å². The minimum Gasteiger partial charge on any atom is -0.455 e. The largest absolute Gasteiger partial charge is 0.455 e. The van der Waals surface area contributed by atoms with E-state index in [-0.39, 0.29) is 0 Å². The molecule has 2 heterocycles. The van der Waals surface area contributed by atoms with E-state index in [2.05, 4.69) is 140 Å². The van der Waals surface area contributed by atoms with E-state index < -0.39 is 0 Å². The number of fused-ring (bicyclic) bond motifs is 7. The van der Waals surface area contributed by atoms with Gasteiger partial charge in [-0.1, -0.05) is 157 Å². The van der Waals surface area contributed by atoms with Crippen LogP contribution in [0.15, 0.2) is 174 Å². The molecule has 6 aromatic carbocycles. The molecule has 10 rings (SSSR count). The van der Waals surface area contributed by atoms with Gasteiger partial charge in [-0.25, -0.2) is 9.97 Å². The molecule has 1 atom stereocenters. The van der Waals surface area contributed by atoms with Crippen LogP contribution in [0.5, 0.6) is 0 Å². The molecule has 3 nitrogen and oxygen atoms in total. The van der Waals surface area contributed by atoms with Crippen molar-refractivity contribution < 1.29 is 4.42 Å². The van der Waals surface area contributed by atoms with E-state index in [1.807, 2.05) is 24.3 Å². The van der Waals surface area contributed by atoms with Gasteiger partial charge in [0.2, 0.25) is 0 Å². The fourth-order valence-electron chi connectivity index (χ4n) is 7.54. The first-order valence-corrected chi connectivity index (χ1v) is 16.8. The highest BCUT2D eigenvalue weighted by molar-refractivity contribution is 6.07. The topological polar surface area (TPSA) is 38.9 Å². The lowest BCUT2D eigenvalue weighted by atomic mass is 9.90. The van der Waals surface area contributed by atoms with E-state index in [0.717, 1.165) is 56.8 Å². The second-order valence-corrected chi connectivity index (χ2v) is 12.9. The first kappa shape index (κ1) is 27.8. The van der Waals surface area contributed by atoms with E-state index in [1.54, 1.807) is 0 Å². The molecule has 0 aliphatic heterocycles. The minimum atomic E-state index is 0.340. The molecule has 0 amide bonds. The normalized spacial score (nSPS) is 14.6. The molecule has 49 heavy (non-hydrogen) atoms. The van der Waals surface area contributed by atoms with Crippen molar-refractivity contribution in [2.24, 2.45) is 0 Å². The Balaban J connectivity index is 1.20. The van der Waals surface area contributed by atoms with Crippen LogP contribution in [0.1, 0.15) is 29.0 Å². The van der Waals surface area contributed by atoms with Crippen molar-refractivity contribution in [2.75, 3.05) is 0 Å². The Hall–Kier alpha value is -6.32. The molecule has 0 radical (unpaired) electrons. The number of furan rings is 1. The second-order valence-electron chi connectivity index (χ2n) is 12.9. The first-order chi connectivity index (χ1) is 24.3. The maximum absolute atomic E-state index is 6.89. The smallest absolute Gasteiger partial charge is 0.160 e. The molecular formula is C46H30N2O. The summed E-state index contributed by atoms with van der Waals surface area (Å²) in [4.78, 5) is 10.4. The van der Waals surface area contributed by atoms with Crippen LogP contribution in [0, 0.1) is 0 Å². The Kier molecular flexibility index (Phi) is 6.31. The molecule has 1 saturated carbocycles. The molecule has 0 N–H and O–H groups in total. The summed E-state index contributed by atoms with van der Waals surface area (Å²) in [7, 11) is 0. The quantitative estimate of drug-likeness (QED) is 0.191. The van der Waals surface area contributed by atoms with Gasteiger partial charge < -0.3 is 4.42 Å². The molecule has 1 fully saturated rings. The molecule has 1 unspecified atom stereocenters. The van der Waals surface area contributed by atoms with Crippen LogP contribution in [-0.4, -0.2) is 9.97 Å². The number of hydrogen-bond acceptors (Lipinski definition) is 3. The van der Waals surface area contributed by atoms with Crippen molar-refractivity contribution in [3.63, 3.8) is 0 Å². The van der Waals surface area contributed by atoms with Crippen LogP contribution in [0.2, 0.25) is 0 Å². The van der Waals surface area contributed by atoms with Gasteiger partial charge in [0.15, 0.2) is 5.82 Å². The van der Waals surface area contributed by atoms with Crippen LogP contribution in [0.4, 0.5) is 0 Å². The van der Waals surface area contributed by atoms with Crippen LogP contribution < -0.4 is 0 Å². The summed E-state index contributed by atoms with van der Waals surface area (Å²) < 4.78 is 6.89. The maximum Gasteiger partial charge on any atom is 0.160 e. The van der Waals surface area contributed by atoms with Crippen molar-refractivity contribution in [2.45, 2.75) is 12.3 Å². The van der Waals surface area contributed by atoms with Gasteiger partial charge in [0.05, 0.1) is 11.4 Å². The van der Waals surface area contributed by atoms with Crippen LogP contribution in [0.3, 0.4) is 0 Å². The van der Waals surface area contributed by atoms with E-state index >= 15 is 0 Å². The monoisotopic (exact) mass is 626 g/mol. The summed E-state index contributed by atoms with van der Waals surface area (Å²) in [6.45, 7) is 0. The highest BCUT2D eigenvalue weighted by Gasteiger charge is 2.42. The van der Waals surface area contributed by atoms with Crippen molar-refractivity contribution in [3.05, 3.63) is 186 Å². The van der Waals surface area contributed by atoms with Crippen LogP contribution in [0.25, 0.3) is 72.9 Å². The lowest BCUT2D eigenvalue weighted by molar-refractivity contribution is 0.630. The number of aromatic nitrogens is 2. The number of nitrogens with zero attached hydrogens (tertiary/aromatic N) is 2. The van der Waals surface area contributed by atoms with E-state index in [0.29, 0.717) is 11.7 Å². The molecular weight excluding hydrogens is 597 g/mol. The zero-order valence-corrected chi connectivity index (χ0v) is 26.7. The Morgan fingerprint density at radius 3 is 1.86 bits per heavy atom.